The maximum absolute atomic E-state index is 12.8. The molecule has 0 amide bonds. The lowest BCUT2D eigenvalue weighted by Crippen LogP contribution is -2.38. The fourth-order valence-electron chi connectivity index (χ4n) is 2.09. The number of rotatable bonds is 5. The van der Waals surface area contributed by atoms with Crippen LogP contribution in [0.25, 0.3) is 0 Å². The van der Waals surface area contributed by atoms with Crippen LogP contribution in [0.4, 0.5) is 0 Å². The minimum Gasteiger partial charge on any atom is -0.507 e. The number of sulfone groups is 1. The highest BCUT2D eigenvalue weighted by molar-refractivity contribution is 7.92. The largest absolute Gasteiger partial charge is 0.507 e. The lowest BCUT2D eigenvalue weighted by Gasteiger charge is -2.26. The Balaban J connectivity index is 2.39. The molecule has 2 rings (SSSR count). The number of hydrogen-bond acceptors (Lipinski definition) is 5. The Morgan fingerprint density at radius 1 is 1.08 bits per heavy atom. The molecule has 6 nitrogen and oxygen atoms in total. The van der Waals surface area contributed by atoms with Gasteiger partial charge in [0.15, 0.2) is 0 Å². The maximum atomic E-state index is 12.8. The molecule has 7 heteroatoms. The number of aromatic carboxylic acids is 1. The van der Waals surface area contributed by atoms with Crippen molar-refractivity contribution in [3.63, 3.8) is 0 Å². The van der Waals surface area contributed by atoms with Crippen LogP contribution < -0.4 is 4.74 Å². The van der Waals surface area contributed by atoms with Gasteiger partial charge in [-0.2, -0.15) is 0 Å². The normalized spacial score (nSPS) is 12.0. The first-order chi connectivity index (χ1) is 11.0. The Kier molecular flexibility index (Phi) is 4.57. The van der Waals surface area contributed by atoms with Crippen molar-refractivity contribution in [3.8, 4) is 11.5 Å². The average Bonchev–Trinajstić information content (AvgIpc) is 2.49. The molecule has 2 aromatic rings. The van der Waals surface area contributed by atoms with Crippen LogP contribution in [0.1, 0.15) is 29.8 Å². The molecule has 0 fully saturated rings. The maximum Gasteiger partial charge on any atom is 0.339 e. The van der Waals surface area contributed by atoms with Gasteiger partial charge in [0.25, 0.3) is 0 Å². The molecule has 0 spiro atoms. The third-order valence-corrected chi connectivity index (χ3v) is 5.81. The molecule has 24 heavy (non-hydrogen) atoms. The van der Waals surface area contributed by atoms with Crippen molar-refractivity contribution in [2.75, 3.05) is 0 Å². The molecule has 0 aliphatic carbocycles. The molecule has 0 aliphatic rings. The fraction of sp³-hybridized carbons (Fsp3) is 0.235. The predicted molar refractivity (Wildman–Crippen MR) is 88.1 cm³/mol. The minimum atomic E-state index is -3.83. The molecule has 128 valence electrons. The molecule has 0 heterocycles. The molecular weight excluding hydrogens is 332 g/mol. The van der Waals surface area contributed by atoms with E-state index in [9.17, 15) is 18.3 Å². The van der Waals surface area contributed by atoms with Crippen molar-refractivity contribution in [2.45, 2.75) is 30.6 Å². The topological polar surface area (TPSA) is 101 Å². The summed E-state index contributed by atoms with van der Waals surface area (Å²) in [6.07, 6.45) is 0. The van der Waals surface area contributed by atoms with Crippen LogP contribution >= 0.6 is 0 Å². The number of carboxylic acid groups (broad SMARTS) is 1. The van der Waals surface area contributed by atoms with Gasteiger partial charge in [-0.05, 0) is 51.1 Å². The molecular formula is C17H18O6S. The van der Waals surface area contributed by atoms with Crippen molar-refractivity contribution in [1.82, 2.24) is 0 Å². The Hall–Kier alpha value is -2.54. The van der Waals surface area contributed by atoms with Crippen molar-refractivity contribution in [3.05, 3.63) is 53.6 Å². The van der Waals surface area contributed by atoms with Crippen LogP contribution in [-0.2, 0) is 9.84 Å². The van der Waals surface area contributed by atoms with E-state index in [1.165, 1.54) is 32.0 Å². The van der Waals surface area contributed by atoms with E-state index in [4.69, 9.17) is 9.84 Å². The first-order valence-electron chi connectivity index (χ1n) is 7.11. The van der Waals surface area contributed by atoms with Gasteiger partial charge >= 0.3 is 5.97 Å². The van der Waals surface area contributed by atoms with Crippen LogP contribution in [0.15, 0.2) is 47.4 Å². The van der Waals surface area contributed by atoms with E-state index in [2.05, 4.69) is 0 Å². The highest BCUT2D eigenvalue weighted by Crippen LogP contribution is 2.31. The molecule has 2 aromatic carbocycles. The number of aryl methyl sites for hydroxylation is 1. The summed E-state index contributed by atoms with van der Waals surface area (Å²) in [6.45, 7) is 4.62. The molecule has 0 atom stereocenters. The predicted octanol–water partition coefficient (Wildman–Crippen LogP) is 2.99. The van der Waals surface area contributed by atoms with Gasteiger partial charge in [-0.25, -0.2) is 13.2 Å². The first kappa shape index (κ1) is 17.8. The number of hydrogen-bond donors (Lipinski definition) is 2. The molecule has 0 bridgehead atoms. The average molecular weight is 350 g/mol. The van der Waals surface area contributed by atoms with Crippen molar-refractivity contribution in [2.24, 2.45) is 0 Å². The van der Waals surface area contributed by atoms with Gasteiger partial charge in [0.2, 0.25) is 14.8 Å². The summed E-state index contributed by atoms with van der Waals surface area (Å²) in [5, 5.41) is 18.5. The number of aromatic hydroxyl groups is 1. The van der Waals surface area contributed by atoms with Crippen LogP contribution in [0.5, 0.6) is 11.5 Å². The SMILES string of the molecule is Cc1ccc(S(=O)(=O)C(C)(C)Oc2ccc(O)c(C(=O)O)c2)cc1. The summed E-state index contributed by atoms with van der Waals surface area (Å²) in [5.74, 6) is -1.72. The number of carboxylic acids is 1. The van der Waals surface area contributed by atoms with Crippen LogP contribution in [0.2, 0.25) is 0 Å². The third-order valence-electron chi connectivity index (χ3n) is 3.54. The molecule has 0 aliphatic heterocycles. The van der Waals surface area contributed by atoms with Crippen LogP contribution in [-0.4, -0.2) is 29.5 Å². The van der Waals surface area contributed by atoms with Gasteiger partial charge in [0.05, 0.1) is 4.90 Å². The highest BCUT2D eigenvalue weighted by Gasteiger charge is 2.38. The van der Waals surface area contributed by atoms with Gasteiger partial charge in [-0.1, -0.05) is 17.7 Å². The Morgan fingerprint density at radius 3 is 2.21 bits per heavy atom. The molecule has 0 saturated heterocycles. The van der Waals surface area contributed by atoms with E-state index in [1.807, 2.05) is 6.92 Å². The van der Waals surface area contributed by atoms with E-state index in [1.54, 1.807) is 12.1 Å². The van der Waals surface area contributed by atoms with Gasteiger partial charge in [-0.15, -0.1) is 0 Å². The third kappa shape index (κ3) is 3.35. The van der Waals surface area contributed by atoms with Gasteiger partial charge in [0, 0.05) is 0 Å². The summed E-state index contributed by atoms with van der Waals surface area (Å²) in [6, 6.07) is 9.91. The molecule has 0 unspecified atom stereocenters. The minimum absolute atomic E-state index is 0.0332. The van der Waals surface area contributed by atoms with E-state index in [0.717, 1.165) is 17.7 Å². The molecule has 0 aromatic heterocycles. The van der Waals surface area contributed by atoms with Crippen molar-refractivity contribution >= 4 is 15.8 Å². The molecule has 0 radical (unpaired) electrons. The first-order valence-corrected chi connectivity index (χ1v) is 8.59. The zero-order valence-electron chi connectivity index (χ0n) is 13.5. The van der Waals surface area contributed by atoms with Gasteiger partial charge in [0.1, 0.15) is 17.1 Å². The monoisotopic (exact) mass is 350 g/mol. The standard InChI is InChI=1S/C17H18O6S/c1-11-4-7-13(8-5-11)24(21,22)17(2,3)23-12-6-9-15(18)14(10-12)16(19)20/h4-10,18H,1-3H3,(H,19,20). The summed E-state index contributed by atoms with van der Waals surface area (Å²) < 4.78 is 31.1. The van der Waals surface area contributed by atoms with Crippen molar-refractivity contribution in [1.29, 1.82) is 0 Å². The lowest BCUT2D eigenvalue weighted by molar-refractivity contribution is 0.0692. The zero-order chi connectivity index (χ0) is 18.1. The number of ether oxygens (including phenoxy) is 1. The fourth-order valence-corrected chi connectivity index (χ4v) is 3.36. The van der Waals surface area contributed by atoms with E-state index < -0.39 is 26.5 Å². The Bertz CT molecular complexity index is 866. The van der Waals surface area contributed by atoms with E-state index in [-0.39, 0.29) is 16.2 Å². The molecule has 0 saturated carbocycles. The number of phenols is 1. The smallest absolute Gasteiger partial charge is 0.339 e. The van der Waals surface area contributed by atoms with Gasteiger partial charge in [-0.3, -0.25) is 0 Å². The Labute approximate surface area is 140 Å². The number of carbonyl (C=O) groups is 1. The zero-order valence-corrected chi connectivity index (χ0v) is 14.3. The summed E-state index contributed by atoms with van der Waals surface area (Å²) in [4.78, 5) is 9.53. The summed E-state index contributed by atoms with van der Waals surface area (Å²) in [7, 11) is -3.83. The van der Waals surface area contributed by atoms with Crippen LogP contribution in [0, 0.1) is 6.92 Å². The quantitative estimate of drug-likeness (QED) is 0.860. The summed E-state index contributed by atoms with van der Waals surface area (Å²) >= 11 is 0. The van der Waals surface area contributed by atoms with Crippen LogP contribution in [0.3, 0.4) is 0 Å². The highest BCUT2D eigenvalue weighted by atomic mass is 32.2. The second kappa shape index (κ2) is 6.16. The summed E-state index contributed by atoms with van der Waals surface area (Å²) in [5.41, 5.74) is 0.563. The number of benzene rings is 2. The van der Waals surface area contributed by atoms with E-state index in [0.29, 0.717) is 0 Å². The lowest BCUT2D eigenvalue weighted by atomic mass is 10.2. The second-order valence-corrected chi connectivity index (χ2v) is 8.26. The second-order valence-electron chi connectivity index (χ2n) is 5.80. The Morgan fingerprint density at radius 2 is 1.67 bits per heavy atom. The van der Waals surface area contributed by atoms with E-state index >= 15 is 0 Å². The molecule has 2 N–H and O–H groups in total. The van der Waals surface area contributed by atoms with Crippen molar-refractivity contribution < 1.29 is 28.2 Å². The van der Waals surface area contributed by atoms with Gasteiger partial charge < -0.3 is 14.9 Å².